The quantitative estimate of drug-likeness (QED) is 0.571. The molecule has 0 bridgehead atoms. The lowest BCUT2D eigenvalue weighted by atomic mass is 9.87. The first kappa shape index (κ1) is 9.17. The lowest BCUT2D eigenvalue weighted by molar-refractivity contribution is -0.151. The summed E-state index contributed by atoms with van der Waals surface area (Å²) in [7, 11) is 0. The Labute approximate surface area is 60.0 Å². The van der Waals surface area contributed by atoms with Crippen molar-refractivity contribution < 1.29 is 15.0 Å². The highest BCUT2D eigenvalue weighted by molar-refractivity contribution is 5.74. The van der Waals surface area contributed by atoms with E-state index in [2.05, 4.69) is 6.58 Å². The summed E-state index contributed by atoms with van der Waals surface area (Å²) in [5.41, 5.74) is -1.14. The van der Waals surface area contributed by atoms with Crippen LogP contribution in [0.25, 0.3) is 0 Å². The van der Waals surface area contributed by atoms with Crippen LogP contribution in [0.5, 0.6) is 0 Å². The zero-order chi connectivity index (χ0) is 8.36. The van der Waals surface area contributed by atoms with Gasteiger partial charge in [0.15, 0.2) is 0 Å². The monoisotopic (exact) mass is 144 g/mol. The van der Waals surface area contributed by atoms with Gasteiger partial charge in [-0.1, -0.05) is 6.08 Å². The van der Waals surface area contributed by atoms with Gasteiger partial charge in [-0.25, -0.2) is 0 Å². The molecule has 3 heteroatoms. The standard InChI is InChI=1S/C7H12O3/c1-4-5(8)7(2,3)6(9)10/h4-5,8H,1H2,2-3H3,(H,9,10). The maximum absolute atomic E-state index is 10.4. The molecule has 2 N–H and O–H groups in total. The van der Waals surface area contributed by atoms with Crippen molar-refractivity contribution in [3.63, 3.8) is 0 Å². The van der Waals surface area contributed by atoms with Gasteiger partial charge in [0.25, 0.3) is 0 Å². The highest BCUT2D eigenvalue weighted by Gasteiger charge is 2.33. The molecule has 0 aliphatic carbocycles. The van der Waals surface area contributed by atoms with Gasteiger partial charge in [0.2, 0.25) is 0 Å². The van der Waals surface area contributed by atoms with Crippen LogP contribution < -0.4 is 0 Å². The fourth-order valence-corrected chi connectivity index (χ4v) is 0.421. The second kappa shape index (κ2) is 2.84. The van der Waals surface area contributed by atoms with E-state index < -0.39 is 17.5 Å². The topological polar surface area (TPSA) is 57.5 Å². The van der Waals surface area contributed by atoms with Crippen molar-refractivity contribution in [2.24, 2.45) is 5.41 Å². The van der Waals surface area contributed by atoms with Crippen LogP contribution in [0.3, 0.4) is 0 Å². The van der Waals surface area contributed by atoms with Gasteiger partial charge in [-0.15, -0.1) is 6.58 Å². The van der Waals surface area contributed by atoms with Crippen molar-refractivity contribution in [1.29, 1.82) is 0 Å². The molecule has 0 spiro atoms. The zero-order valence-corrected chi connectivity index (χ0v) is 6.16. The van der Waals surface area contributed by atoms with Crippen LogP contribution in [0.15, 0.2) is 12.7 Å². The predicted octanol–water partition coefficient (Wildman–Crippen LogP) is 0.644. The highest BCUT2D eigenvalue weighted by Crippen LogP contribution is 2.20. The molecule has 0 fully saturated rings. The molecule has 0 saturated heterocycles. The molecule has 3 nitrogen and oxygen atoms in total. The Kier molecular flexibility index (Phi) is 2.60. The summed E-state index contributed by atoms with van der Waals surface area (Å²) in [6, 6.07) is 0. The Bertz CT molecular complexity index is 149. The van der Waals surface area contributed by atoms with Gasteiger partial charge in [0.05, 0.1) is 11.5 Å². The van der Waals surface area contributed by atoms with E-state index in [0.29, 0.717) is 0 Å². The Balaban J connectivity index is 4.38. The second-order valence-electron chi connectivity index (χ2n) is 2.71. The van der Waals surface area contributed by atoms with Crippen molar-refractivity contribution in [2.75, 3.05) is 0 Å². The summed E-state index contributed by atoms with van der Waals surface area (Å²) in [4.78, 5) is 10.4. The van der Waals surface area contributed by atoms with Crippen LogP contribution >= 0.6 is 0 Å². The van der Waals surface area contributed by atoms with Gasteiger partial charge < -0.3 is 10.2 Å². The fraction of sp³-hybridized carbons (Fsp3) is 0.571. The van der Waals surface area contributed by atoms with Crippen LogP contribution in [0.4, 0.5) is 0 Å². The number of aliphatic hydroxyl groups is 1. The molecule has 0 radical (unpaired) electrons. The molecule has 0 aromatic rings. The van der Waals surface area contributed by atoms with Crippen LogP contribution in [0, 0.1) is 5.41 Å². The Morgan fingerprint density at radius 3 is 2.20 bits per heavy atom. The molecular formula is C7H12O3. The summed E-state index contributed by atoms with van der Waals surface area (Å²) in [5.74, 6) is -1.03. The number of carboxylic acids is 1. The minimum absolute atomic E-state index is 0.995. The van der Waals surface area contributed by atoms with Crippen molar-refractivity contribution in [1.82, 2.24) is 0 Å². The molecule has 10 heavy (non-hydrogen) atoms. The number of rotatable bonds is 3. The van der Waals surface area contributed by atoms with Gasteiger partial charge >= 0.3 is 5.97 Å². The minimum Gasteiger partial charge on any atom is -0.481 e. The summed E-state index contributed by atoms with van der Waals surface area (Å²) in [5, 5.41) is 17.6. The van der Waals surface area contributed by atoms with Gasteiger partial charge in [-0.3, -0.25) is 4.79 Å². The number of aliphatic carboxylic acids is 1. The summed E-state index contributed by atoms with van der Waals surface area (Å²) >= 11 is 0. The van der Waals surface area contributed by atoms with Gasteiger partial charge in [0.1, 0.15) is 0 Å². The molecule has 0 saturated carbocycles. The Morgan fingerprint density at radius 2 is 2.10 bits per heavy atom. The smallest absolute Gasteiger partial charge is 0.312 e. The average Bonchev–Trinajstić information content (AvgIpc) is 1.86. The van der Waals surface area contributed by atoms with E-state index in [-0.39, 0.29) is 0 Å². The molecule has 58 valence electrons. The van der Waals surface area contributed by atoms with Crippen LogP contribution in [0.1, 0.15) is 13.8 Å². The molecule has 0 amide bonds. The highest BCUT2D eigenvalue weighted by atomic mass is 16.4. The predicted molar refractivity (Wildman–Crippen MR) is 37.6 cm³/mol. The second-order valence-corrected chi connectivity index (χ2v) is 2.71. The minimum atomic E-state index is -1.14. The van der Waals surface area contributed by atoms with E-state index in [1.54, 1.807) is 0 Å². The molecule has 0 aromatic carbocycles. The first-order valence-electron chi connectivity index (χ1n) is 2.97. The molecule has 1 unspecified atom stereocenters. The van der Waals surface area contributed by atoms with E-state index in [9.17, 15) is 4.79 Å². The van der Waals surface area contributed by atoms with E-state index in [4.69, 9.17) is 10.2 Å². The maximum atomic E-state index is 10.4. The summed E-state index contributed by atoms with van der Waals surface area (Å²) in [6.07, 6.45) is 0.221. The van der Waals surface area contributed by atoms with Gasteiger partial charge in [-0.05, 0) is 13.8 Å². The number of carboxylic acid groups (broad SMARTS) is 1. The summed E-state index contributed by atoms with van der Waals surface area (Å²) in [6.45, 7) is 6.19. The van der Waals surface area contributed by atoms with E-state index in [1.807, 2.05) is 0 Å². The van der Waals surface area contributed by atoms with Crippen LogP contribution in [-0.2, 0) is 4.79 Å². The fourth-order valence-electron chi connectivity index (χ4n) is 0.421. The van der Waals surface area contributed by atoms with Crippen LogP contribution in [0.2, 0.25) is 0 Å². The van der Waals surface area contributed by atoms with E-state index >= 15 is 0 Å². The number of hydrogen-bond donors (Lipinski definition) is 2. The normalized spacial score (nSPS) is 14.3. The average molecular weight is 144 g/mol. The molecule has 0 rings (SSSR count). The number of hydrogen-bond acceptors (Lipinski definition) is 2. The lowest BCUT2D eigenvalue weighted by Crippen LogP contribution is -2.35. The van der Waals surface area contributed by atoms with Gasteiger partial charge in [0, 0.05) is 0 Å². The molecule has 0 heterocycles. The van der Waals surface area contributed by atoms with Crippen molar-refractivity contribution >= 4 is 5.97 Å². The Morgan fingerprint density at radius 1 is 1.70 bits per heavy atom. The SMILES string of the molecule is C=CC(O)C(C)(C)C(=O)O. The summed E-state index contributed by atoms with van der Waals surface area (Å²) < 4.78 is 0. The Hall–Kier alpha value is -0.830. The van der Waals surface area contributed by atoms with E-state index in [0.717, 1.165) is 0 Å². The number of carbonyl (C=O) groups is 1. The third-order valence-corrected chi connectivity index (χ3v) is 1.51. The van der Waals surface area contributed by atoms with Crippen LogP contribution in [-0.4, -0.2) is 22.3 Å². The first-order valence-corrected chi connectivity index (χ1v) is 2.97. The molecule has 0 aliphatic heterocycles. The maximum Gasteiger partial charge on any atom is 0.312 e. The molecule has 0 aromatic heterocycles. The van der Waals surface area contributed by atoms with Crippen molar-refractivity contribution in [3.8, 4) is 0 Å². The van der Waals surface area contributed by atoms with E-state index in [1.165, 1.54) is 19.9 Å². The molecular weight excluding hydrogens is 132 g/mol. The lowest BCUT2D eigenvalue weighted by Gasteiger charge is -2.22. The van der Waals surface area contributed by atoms with Gasteiger partial charge in [-0.2, -0.15) is 0 Å². The third kappa shape index (κ3) is 1.57. The van der Waals surface area contributed by atoms with Crippen molar-refractivity contribution in [3.05, 3.63) is 12.7 Å². The molecule has 1 atom stereocenters. The van der Waals surface area contributed by atoms with Crippen molar-refractivity contribution in [2.45, 2.75) is 20.0 Å². The zero-order valence-electron chi connectivity index (χ0n) is 6.16. The third-order valence-electron chi connectivity index (χ3n) is 1.51. The first-order chi connectivity index (χ1) is 4.42. The largest absolute Gasteiger partial charge is 0.481 e. The number of aliphatic hydroxyl groups excluding tert-OH is 1. The molecule has 0 aliphatic rings.